The molecule has 0 atom stereocenters. The Morgan fingerprint density at radius 2 is 2.27 bits per heavy atom. The molecule has 140 valence electrons. The maximum Gasteiger partial charge on any atom is 0.170 e. The summed E-state index contributed by atoms with van der Waals surface area (Å²) in [4.78, 5) is 10.6. The van der Waals surface area contributed by atoms with Crippen molar-refractivity contribution in [2.24, 2.45) is 0 Å². The first-order valence-electron chi connectivity index (χ1n) is 9.39. The van der Waals surface area contributed by atoms with E-state index >= 15 is 0 Å². The van der Waals surface area contributed by atoms with E-state index in [1.165, 1.54) is 37.6 Å². The van der Waals surface area contributed by atoms with Gasteiger partial charge in [0.1, 0.15) is 12.0 Å². The highest BCUT2D eigenvalue weighted by Gasteiger charge is 2.13. The van der Waals surface area contributed by atoms with E-state index in [1.54, 1.807) is 6.20 Å². The third kappa shape index (κ3) is 6.60. The van der Waals surface area contributed by atoms with E-state index in [9.17, 15) is 0 Å². The minimum atomic E-state index is 0.460. The van der Waals surface area contributed by atoms with Gasteiger partial charge in [-0.25, -0.2) is 9.97 Å². The van der Waals surface area contributed by atoms with Gasteiger partial charge in [-0.3, -0.25) is 0 Å². The van der Waals surface area contributed by atoms with Gasteiger partial charge in [0.15, 0.2) is 10.9 Å². The van der Waals surface area contributed by atoms with E-state index in [0.29, 0.717) is 18.1 Å². The van der Waals surface area contributed by atoms with Crippen LogP contribution < -0.4 is 15.5 Å². The summed E-state index contributed by atoms with van der Waals surface area (Å²) < 4.78 is 0. The molecule has 0 fully saturated rings. The first kappa shape index (κ1) is 20.1. The van der Waals surface area contributed by atoms with Crippen LogP contribution in [0.4, 0.5) is 11.5 Å². The van der Waals surface area contributed by atoms with Gasteiger partial charge in [-0.1, -0.05) is 18.6 Å². The largest absolute Gasteiger partial charge is 0.362 e. The summed E-state index contributed by atoms with van der Waals surface area (Å²) in [5.41, 5.74) is 2.30. The summed E-state index contributed by atoms with van der Waals surface area (Å²) in [5.74, 6) is 0.788. The number of nitrogens with one attached hydrogen (secondary N) is 2. The predicted molar refractivity (Wildman–Crippen MR) is 110 cm³/mol. The quantitative estimate of drug-likeness (QED) is 0.504. The summed E-state index contributed by atoms with van der Waals surface area (Å²) in [6.07, 6.45) is 13.1. The summed E-state index contributed by atoms with van der Waals surface area (Å²) in [6.45, 7) is 4.42. The van der Waals surface area contributed by atoms with Crippen LogP contribution in [0.25, 0.3) is 0 Å². The molecule has 0 saturated carbocycles. The third-order valence-corrected chi connectivity index (χ3v) is 4.59. The standard InChI is InChI=1S/C19H28N6S/c1-2-12-25(13-6-10-20)18-17(14-21-15-23-18)24-19(26)22-11-9-16-7-4-3-5-8-16/h7,14-15H,2-6,8-9,11-13H2,1H3,(H2,22,24,26). The zero-order valence-corrected chi connectivity index (χ0v) is 16.3. The van der Waals surface area contributed by atoms with Crippen molar-refractivity contribution in [2.75, 3.05) is 29.9 Å². The molecule has 2 rings (SSSR count). The number of aromatic nitrogens is 2. The molecule has 0 aliphatic heterocycles. The van der Waals surface area contributed by atoms with Gasteiger partial charge in [-0.05, 0) is 50.7 Å². The summed E-state index contributed by atoms with van der Waals surface area (Å²) >= 11 is 5.43. The fraction of sp³-hybridized carbons (Fsp3) is 0.579. The van der Waals surface area contributed by atoms with Crippen molar-refractivity contribution in [3.05, 3.63) is 24.2 Å². The SMILES string of the molecule is CCCN(CCC#N)c1ncncc1NC(=S)NCCC1=CCCCC1. The maximum absolute atomic E-state index is 8.89. The molecule has 0 amide bonds. The van der Waals surface area contributed by atoms with Crippen molar-refractivity contribution in [1.82, 2.24) is 15.3 Å². The van der Waals surface area contributed by atoms with Crippen LogP contribution in [0.1, 0.15) is 51.9 Å². The fourth-order valence-electron chi connectivity index (χ4n) is 3.08. The molecule has 0 bridgehead atoms. The van der Waals surface area contributed by atoms with Crippen LogP contribution in [0, 0.1) is 11.3 Å². The molecule has 1 heterocycles. The average molecular weight is 373 g/mol. The van der Waals surface area contributed by atoms with Gasteiger partial charge < -0.3 is 15.5 Å². The van der Waals surface area contributed by atoms with E-state index in [1.807, 2.05) is 0 Å². The minimum absolute atomic E-state index is 0.460. The monoisotopic (exact) mass is 372 g/mol. The van der Waals surface area contributed by atoms with Crippen molar-refractivity contribution < 1.29 is 0 Å². The van der Waals surface area contributed by atoms with Crippen LogP contribution in [0.3, 0.4) is 0 Å². The highest BCUT2D eigenvalue weighted by atomic mass is 32.1. The molecule has 6 nitrogen and oxygen atoms in total. The van der Waals surface area contributed by atoms with Gasteiger partial charge in [-0.15, -0.1) is 0 Å². The number of allylic oxidation sites excluding steroid dienone is 1. The van der Waals surface area contributed by atoms with Crippen LogP contribution in [-0.4, -0.2) is 34.7 Å². The second kappa shape index (κ2) is 11.4. The molecule has 1 aromatic rings. The molecule has 0 saturated heterocycles. The minimum Gasteiger partial charge on any atom is -0.362 e. The molecule has 1 aliphatic rings. The Hall–Kier alpha value is -2.20. The number of rotatable bonds is 9. The van der Waals surface area contributed by atoms with Gasteiger partial charge in [0.2, 0.25) is 0 Å². The molecule has 1 aromatic heterocycles. The molecule has 0 spiro atoms. The Bertz CT molecular complexity index is 652. The molecule has 0 radical (unpaired) electrons. The second-order valence-electron chi connectivity index (χ2n) is 6.39. The number of thiocarbonyl (C=S) groups is 1. The average Bonchev–Trinajstić information content (AvgIpc) is 2.66. The highest BCUT2D eigenvalue weighted by molar-refractivity contribution is 7.80. The van der Waals surface area contributed by atoms with E-state index in [0.717, 1.165) is 37.4 Å². The van der Waals surface area contributed by atoms with E-state index < -0.39 is 0 Å². The first-order valence-corrected chi connectivity index (χ1v) is 9.80. The fourth-order valence-corrected chi connectivity index (χ4v) is 3.29. The van der Waals surface area contributed by atoms with Crippen molar-refractivity contribution in [3.8, 4) is 6.07 Å². The van der Waals surface area contributed by atoms with Gasteiger partial charge in [-0.2, -0.15) is 5.26 Å². The number of nitriles is 1. The first-order chi connectivity index (χ1) is 12.7. The Morgan fingerprint density at radius 3 is 3.00 bits per heavy atom. The van der Waals surface area contributed by atoms with E-state index in [4.69, 9.17) is 17.5 Å². The van der Waals surface area contributed by atoms with E-state index in [-0.39, 0.29) is 0 Å². The molecule has 1 aliphatic carbocycles. The topological polar surface area (TPSA) is 76.9 Å². The van der Waals surface area contributed by atoms with Crippen molar-refractivity contribution in [3.63, 3.8) is 0 Å². The number of hydrogen-bond acceptors (Lipinski definition) is 5. The molecule has 0 unspecified atom stereocenters. The van der Waals surface area contributed by atoms with Crippen LogP contribution in [-0.2, 0) is 0 Å². The lowest BCUT2D eigenvalue weighted by molar-refractivity contribution is 0.669. The van der Waals surface area contributed by atoms with Crippen LogP contribution >= 0.6 is 12.2 Å². The lowest BCUT2D eigenvalue weighted by Crippen LogP contribution is -2.32. The summed E-state index contributed by atoms with van der Waals surface area (Å²) in [5, 5.41) is 16.0. The van der Waals surface area contributed by atoms with Crippen LogP contribution in [0.15, 0.2) is 24.2 Å². The van der Waals surface area contributed by atoms with Crippen molar-refractivity contribution in [1.29, 1.82) is 5.26 Å². The van der Waals surface area contributed by atoms with Crippen LogP contribution in [0.2, 0.25) is 0 Å². The molecular weight excluding hydrogens is 344 g/mol. The predicted octanol–water partition coefficient (Wildman–Crippen LogP) is 3.78. The molecular formula is C19H28N6S. The Morgan fingerprint density at radius 1 is 1.38 bits per heavy atom. The van der Waals surface area contributed by atoms with Gasteiger partial charge >= 0.3 is 0 Å². The molecule has 26 heavy (non-hydrogen) atoms. The Balaban J connectivity index is 1.92. The van der Waals surface area contributed by atoms with Crippen molar-refractivity contribution in [2.45, 2.75) is 51.9 Å². The zero-order valence-electron chi connectivity index (χ0n) is 15.5. The Kier molecular flexibility index (Phi) is 8.84. The summed E-state index contributed by atoms with van der Waals surface area (Å²) in [6, 6.07) is 2.20. The van der Waals surface area contributed by atoms with Gasteiger partial charge in [0.05, 0.1) is 18.7 Å². The number of hydrogen-bond donors (Lipinski definition) is 2. The number of nitrogens with zero attached hydrogens (tertiary/aromatic N) is 4. The molecule has 0 aromatic carbocycles. The number of anilines is 2. The molecule has 7 heteroatoms. The van der Waals surface area contributed by atoms with Gasteiger partial charge in [0.25, 0.3) is 0 Å². The van der Waals surface area contributed by atoms with Crippen molar-refractivity contribution >= 4 is 28.8 Å². The van der Waals surface area contributed by atoms with Gasteiger partial charge in [0, 0.05) is 19.6 Å². The third-order valence-electron chi connectivity index (χ3n) is 4.34. The smallest absolute Gasteiger partial charge is 0.170 e. The maximum atomic E-state index is 8.89. The normalized spacial score (nSPS) is 13.5. The molecule has 2 N–H and O–H groups in total. The van der Waals surface area contributed by atoms with E-state index in [2.05, 4.69) is 44.6 Å². The summed E-state index contributed by atoms with van der Waals surface area (Å²) in [7, 11) is 0. The highest BCUT2D eigenvalue weighted by Crippen LogP contribution is 2.22. The van der Waals surface area contributed by atoms with Crippen LogP contribution in [0.5, 0.6) is 0 Å². The zero-order chi connectivity index (χ0) is 18.6. The lowest BCUT2D eigenvalue weighted by atomic mass is 9.97. The Labute approximate surface area is 161 Å². The lowest BCUT2D eigenvalue weighted by Gasteiger charge is -2.24. The second-order valence-corrected chi connectivity index (χ2v) is 6.80.